The average Bonchev–Trinajstić information content (AvgIpc) is 2.21. The average molecular weight is 209 g/mol. The Morgan fingerprint density at radius 1 is 1.43 bits per heavy atom. The van der Waals surface area contributed by atoms with Gasteiger partial charge in [-0.25, -0.2) is 0 Å². The molecule has 0 N–H and O–H groups in total. The van der Waals surface area contributed by atoms with Crippen molar-refractivity contribution >= 4 is 17.2 Å². The summed E-state index contributed by atoms with van der Waals surface area (Å²) in [5.41, 5.74) is 2.39. The van der Waals surface area contributed by atoms with Crippen LogP contribution in [0.5, 0.6) is 0 Å². The van der Waals surface area contributed by atoms with Crippen LogP contribution in [0.2, 0.25) is 5.02 Å². The second-order valence-corrected chi connectivity index (χ2v) is 4.04. The molecule has 0 amide bonds. The number of pyridine rings is 1. The fourth-order valence-corrected chi connectivity index (χ4v) is 1.68. The fourth-order valence-electron chi connectivity index (χ4n) is 1.57. The van der Waals surface area contributed by atoms with Crippen LogP contribution in [0.1, 0.15) is 12.1 Å². The maximum Gasteiger partial charge on any atom is 0.0660 e. The van der Waals surface area contributed by atoms with Gasteiger partial charge in [-0.3, -0.25) is 4.98 Å². The highest BCUT2D eigenvalue weighted by atomic mass is 35.5. The van der Waals surface area contributed by atoms with Crippen molar-refractivity contribution in [1.29, 1.82) is 0 Å². The molecule has 1 aromatic rings. The molecule has 2 rings (SSSR count). The molecule has 0 saturated carbocycles. The van der Waals surface area contributed by atoms with E-state index in [1.54, 1.807) is 6.20 Å². The van der Waals surface area contributed by atoms with Gasteiger partial charge in [-0.05, 0) is 31.2 Å². The van der Waals surface area contributed by atoms with E-state index >= 15 is 0 Å². The van der Waals surface area contributed by atoms with Gasteiger partial charge in [0.1, 0.15) is 0 Å². The SMILES string of the molecule is CN1CC=C(c2ccc(Cl)cn2)CC1. The van der Waals surface area contributed by atoms with Gasteiger partial charge < -0.3 is 4.90 Å². The van der Waals surface area contributed by atoms with Crippen molar-refractivity contribution in [1.82, 2.24) is 9.88 Å². The second-order valence-electron chi connectivity index (χ2n) is 3.60. The number of likely N-dealkylation sites (N-methyl/N-ethyl adjacent to an activating group) is 1. The zero-order valence-corrected chi connectivity index (χ0v) is 8.96. The lowest BCUT2D eigenvalue weighted by atomic mass is 10.0. The smallest absolute Gasteiger partial charge is 0.0660 e. The predicted molar refractivity (Wildman–Crippen MR) is 59.3 cm³/mol. The summed E-state index contributed by atoms with van der Waals surface area (Å²) in [6.07, 6.45) is 5.01. The van der Waals surface area contributed by atoms with Crippen molar-refractivity contribution in [2.75, 3.05) is 20.1 Å². The van der Waals surface area contributed by atoms with Gasteiger partial charge in [0, 0.05) is 19.3 Å². The van der Waals surface area contributed by atoms with Crippen LogP contribution in [0, 0.1) is 0 Å². The van der Waals surface area contributed by atoms with Gasteiger partial charge in [0.25, 0.3) is 0 Å². The molecule has 0 aromatic carbocycles. The highest BCUT2D eigenvalue weighted by Crippen LogP contribution is 2.20. The Labute approximate surface area is 89.2 Å². The molecule has 1 aromatic heterocycles. The molecule has 0 fully saturated rings. The second kappa shape index (κ2) is 4.11. The van der Waals surface area contributed by atoms with E-state index in [1.165, 1.54) is 5.57 Å². The van der Waals surface area contributed by atoms with Crippen molar-refractivity contribution in [2.45, 2.75) is 6.42 Å². The van der Waals surface area contributed by atoms with E-state index in [0.717, 1.165) is 25.2 Å². The van der Waals surface area contributed by atoms with E-state index in [-0.39, 0.29) is 0 Å². The Bertz CT molecular complexity index is 343. The zero-order chi connectivity index (χ0) is 9.97. The first-order valence-corrected chi connectivity index (χ1v) is 5.13. The summed E-state index contributed by atoms with van der Waals surface area (Å²) < 4.78 is 0. The van der Waals surface area contributed by atoms with Crippen LogP contribution >= 0.6 is 11.6 Å². The third kappa shape index (κ3) is 2.14. The molecule has 0 bridgehead atoms. The maximum absolute atomic E-state index is 5.78. The number of rotatable bonds is 1. The Kier molecular flexibility index (Phi) is 2.85. The molecule has 14 heavy (non-hydrogen) atoms. The molecule has 2 nitrogen and oxygen atoms in total. The first kappa shape index (κ1) is 9.69. The maximum atomic E-state index is 5.78. The van der Waals surface area contributed by atoms with Crippen LogP contribution in [0.15, 0.2) is 24.4 Å². The van der Waals surface area contributed by atoms with E-state index in [1.807, 2.05) is 12.1 Å². The molecule has 74 valence electrons. The van der Waals surface area contributed by atoms with Gasteiger partial charge in [0.2, 0.25) is 0 Å². The van der Waals surface area contributed by atoms with E-state index < -0.39 is 0 Å². The summed E-state index contributed by atoms with van der Waals surface area (Å²) >= 11 is 5.78. The lowest BCUT2D eigenvalue weighted by Crippen LogP contribution is -2.23. The third-order valence-electron chi connectivity index (χ3n) is 2.47. The van der Waals surface area contributed by atoms with Crippen molar-refractivity contribution in [3.05, 3.63) is 35.1 Å². The van der Waals surface area contributed by atoms with E-state index in [9.17, 15) is 0 Å². The molecule has 1 aliphatic heterocycles. The van der Waals surface area contributed by atoms with Crippen molar-refractivity contribution < 1.29 is 0 Å². The highest BCUT2D eigenvalue weighted by molar-refractivity contribution is 6.30. The van der Waals surface area contributed by atoms with Gasteiger partial charge in [-0.15, -0.1) is 0 Å². The third-order valence-corrected chi connectivity index (χ3v) is 2.69. The minimum Gasteiger partial charge on any atom is -0.302 e. The number of aromatic nitrogens is 1. The molecular weight excluding hydrogens is 196 g/mol. The first-order valence-electron chi connectivity index (χ1n) is 4.75. The van der Waals surface area contributed by atoms with E-state index in [4.69, 9.17) is 11.6 Å². The molecule has 1 aliphatic rings. The van der Waals surface area contributed by atoms with E-state index in [2.05, 4.69) is 23.0 Å². The van der Waals surface area contributed by atoms with Gasteiger partial charge >= 0.3 is 0 Å². The molecule has 0 saturated heterocycles. The Morgan fingerprint density at radius 2 is 2.29 bits per heavy atom. The first-order chi connectivity index (χ1) is 6.75. The Morgan fingerprint density at radius 3 is 2.86 bits per heavy atom. The largest absolute Gasteiger partial charge is 0.302 e. The monoisotopic (exact) mass is 208 g/mol. The van der Waals surface area contributed by atoms with Crippen LogP contribution in [0.3, 0.4) is 0 Å². The fraction of sp³-hybridized carbons (Fsp3) is 0.364. The van der Waals surface area contributed by atoms with Crippen LogP contribution in [-0.2, 0) is 0 Å². The summed E-state index contributed by atoms with van der Waals surface area (Å²) in [5, 5.41) is 0.697. The van der Waals surface area contributed by atoms with Gasteiger partial charge in [0.05, 0.1) is 10.7 Å². The number of hydrogen-bond acceptors (Lipinski definition) is 2. The van der Waals surface area contributed by atoms with Gasteiger partial charge in [0.15, 0.2) is 0 Å². The van der Waals surface area contributed by atoms with Crippen LogP contribution in [0.25, 0.3) is 5.57 Å². The normalized spacial score (nSPS) is 18.0. The van der Waals surface area contributed by atoms with Crippen LogP contribution in [0.4, 0.5) is 0 Å². The van der Waals surface area contributed by atoms with Crippen molar-refractivity contribution in [3.8, 4) is 0 Å². The number of hydrogen-bond donors (Lipinski definition) is 0. The topological polar surface area (TPSA) is 16.1 Å². The lowest BCUT2D eigenvalue weighted by molar-refractivity contribution is 0.370. The Balaban J connectivity index is 2.19. The summed E-state index contributed by atoms with van der Waals surface area (Å²) in [4.78, 5) is 6.60. The lowest BCUT2D eigenvalue weighted by Gasteiger charge is -2.21. The zero-order valence-electron chi connectivity index (χ0n) is 8.20. The molecule has 0 spiro atoms. The molecular formula is C11H13ClN2. The van der Waals surface area contributed by atoms with Gasteiger partial charge in [-0.2, -0.15) is 0 Å². The molecule has 3 heteroatoms. The standard InChI is InChI=1S/C11H13ClN2/c1-14-6-4-9(5-7-14)11-3-2-10(12)8-13-11/h2-4,8H,5-7H2,1H3. The summed E-state index contributed by atoms with van der Waals surface area (Å²) in [6.45, 7) is 2.12. The number of nitrogens with zero attached hydrogens (tertiary/aromatic N) is 2. The van der Waals surface area contributed by atoms with Crippen LogP contribution < -0.4 is 0 Å². The Hall–Kier alpha value is -0.860. The van der Waals surface area contributed by atoms with E-state index in [0.29, 0.717) is 5.02 Å². The summed E-state index contributed by atoms with van der Waals surface area (Å²) in [5.74, 6) is 0. The predicted octanol–water partition coefficient (Wildman–Crippen LogP) is 2.45. The number of halogens is 1. The van der Waals surface area contributed by atoms with Crippen molar-refractivity contribution in [3.63, 3.8) is 0 Å². The molecule has 0 atom stereocenters. The minimum atomic E-state index is 0.697. The minimum absolute atomic E-state index is 0.697. The highest BCUT2D eigenvalue weighted by Gasteiger charge is 2.09. The molecule has 0 unspecified atom stereocenters. The molecule has 2 heterocycles. The van der Waals surface area contributed by atoms with Crippen molar-refractivity contribution in [2.24, 2.45) is 0 Å². The summed E-state index contributed by atoms with van der Waals surface area (Å²) in [6, 6.07) is 3.88. The molecule has 0 aliphatic carbocycles. The quantitative estimate of drug-likeness (QED) is 0.705. The van der Waals surface area contributed by atoms with Crippen LogP contribution in [-0.4, -0.2) is 30.0 Å². The van der Waals surface area contributed by atoms with Gasteiger partial charge in [-0.1, -0.05) is 17.7 Å². The molecule has 0 radical (unpaired) electrons. The summed E-state index contributed by atoms with van der Waals surface area (Å²) in [7, 11) is 2.13.